The molecule has 36 heavy (non-hydrogen) atoms. The fourth-order valence-corrected chi connectivity index (χ4v) is 3.75. The molecule has 0 aliphatic rings. The number of amides is 1. The van der Waals surface area contributed by atoms with E-state index >= 15 is 0 Å². The molecular formula is C27H23N3O6. The van der Waals surface area contributed by atoms with E-state index < -0.39 is 23.4 Å². The number of rotatable bonds is 7. The normalized spacial score (nSPS) is 10.6. The minimum absolute atomic E-state index is 0.0807. The van der Waals surface area contributed by atoms with Crippen molar-refractivity contribution in [3.8, 4) is 17.0 Å². The number of esters is 1. The number of hydrogen-bond donors (Lipinski definition) is 1. The van der Waals surface area contributed by atoms with E-state index in [0.717, 1.165) is 11.1 Å². The van der Waals surface area contributed by atoms with Crippen molar-refractivity contribution in [3.63, 3.8) is 0 Å². The number of ether oxygens (including phenoxy) is 2. The number of carbonyl (C=O) groups excluding carboxylic acids is 2. The van der Waals surface area contributed by atoms with E-state index in [9.17, 15) is 19.7 Å². The summed E-state index contributed by atoms with van der Waals surface area (Å²) in [7, 11) is 1.58. The van der Waals surface area contributed by atoms with Crippen molar-refractivity contribution < 1.29 is 24.0 Å². The van der Waals surface area contributed by atoms with Crippen molar-refractivity contribution in [1.82, 2.24) is 4.98 Å². The lowest BCUT2D eigenvalue weighted by Crippen LogP contribution is -2.22. The molecule has 4 aromatic rings. The maximum Gasteiger partial charge on any atom is 0.339 e. The summed E-state index contributed by atoms with van der Waals surface area (Å²) < 4.78 is 10.5. The number of aromatic nitrogens is 1. The molecule has 0 radical (unpaired) electrons. The molecule has 0 spiro atoms. The van der Waals surface area contributed by atoms with Gasteiger partial charge in [0.05, 0.1) is 28.8 Å². The smallest absolute Gasteiger partial charge is 0.339 e. The lowest BCUT2D eigenvalue weighted by Gasteiger charge is -2.12. The predicted octanol–water partition coefficient (Wildman–Crippen LogP) is 5.23. The van der Waals surface area contributed by atoms with Crippen LogP contribution in [0.3, 0.4) is 0 Å². The number of nitrogens with one attached hydrogen (secondary N) is 1. The van der Waals surface area contributed by atoms with Crippen LogP contribution in [0.2, 0.25) is 0 Å². The largest absolute Gasteiger partial charge is 0.497 e. The molecule has 0 saturated carbocycles. The quantitative estimate of drug-likeness (QED) is 0.216. The molecule has 1 heterocycles. The van der Waals surface area contributed by atoms with E-state index in [1.165, 1.54) is 6.07 Å². The summed E-state index contributed by atoms with van der Waals surface area (Å²) in [5.74, 6) is -0.711. The third kappa shape index (κ3) is 5.00. The number of fused-ring (bicyclic) bond motifs is 1. The van der Waals surface area contributed by atoms with Crippen LogP contribution in [0, 0.1) is 24.0 Å². The average Bonchev–Trinajstić information content (AvgIpc) is 2.89. The second kappa shape index (κ2) is 10.2. The summed E-state index contributed by atoms with van der Waals surface area (Å²) in [6, 6.07) is 18.9. The standard InChI is InChI=1S/C27H23N3O6/c1-16-8-13-24(30(33)34)26(17(16)2)29-25(31)15-36-27(32)21-14-23(18-9-11-19(35-3)12-10-18)28-22-7-5-4-6-20(21)22/h4-14H,15H2,1-3H3,(H,29,31). The molecule has 0 unspecified atom stereocenters. The number of methoxy groups -OCH3 is 1. The number of hydrogen-bond acceptors (Lipinski definition) is 7. The second-order valence-corrected chi connectivity index (χ2v) is 8.08. The molecule has 1 amide bonds. The number of para-hydroxylation sites is 1. The van der Waals surface area contributed by atoms with Gasteiger partial charge in [0.2, 0.25) is 0 Å². The Bertz CT molecular complexity index is 1480. The molecule has 0 fully saturated rings. The zero-order chi connectivity index (χ0) is 25.8. The molecule has 1 aromatic heterocycles. The monoisotopic (exact) mass is 485 g/mol. The van der Waals surface area contributed by atoms with Crippen LogP contribution in [0.5, 0.6) is 5.75 Å². The highest BCUT2D eigenvalue weighted by Gasteiger charge is 2.21. The minimum Gasteiger partial charge on any atom is -0.497 e. The molecule has 1 N–H and O–H groups in total. The summed E-state index contributed by atoms with van der Waals surface area (Å²) >= 11 is 0. The molecule has 0 saturated heterocycles. The Morgan fingerprint density at radius 3 is 2.44 bits per heavy atom. The fourth-order valence-electron chi connectivity index (χ4n) is 3.75. The maximum atomic E-state index is 13.0. The van der Waals surface area contributed by atoms with Crippen LogP contribution in [0.25, 0.3) is 22.2 Å². The zero-order valence-corrected chi connectivity index (χ0v) is 19.9. The SMILES string of the molecule is COc1ccc(-c2cc(C(=O)OCC(=O)Nc3c([N+](=O)[O-])ccc(C)c3C)c3ccccc3n2)cc1. The number of nitro benzene ring substituents is 1. The highest BCUT2D eigenvalue weighted by molar-refractivity contribution is 6.05. The first-order valence-corrected chi connectivity index (χ1v) is 11.0. The zero-order valence-electron chi connectivity index (χ0n) is 19.9. The topological polar surface area (TPSA) is 121 Å². The van der Waals surface area contributed by atoms with Crippen LogP contribution >= 0.6 is 0 Å². The van der Waals surface area contributed by atoms with Crippen LogP contribution in [-0.4, -0.2) is 35.5 Å². The van der Waals surface area contributed by atoms with Crippen LogP contribution in [0.15, 0.2) is 66.7 Å². The van der Waals surface area contributed by atoms with Crippen molar-refractivity contribution in [2.24, 2.45) is 0 Å². The summed E-state index contributed by atoms with van der Waals surface area (Å²) in [6.07, 6.45) is 0. The Labute approximate surface area is 206 Å². The number of benzene rings is 3. The van der Waals surface area contributed by atoms with Gasteiger partial charge in [-0.1, -0.05) is 24.3 Å². The number of nitro groups is 1. The van der Waals surface area contributed by atoms with Gasteiger partial charge in [0.15, 0.2) is 6.61 Å². The van der Waals surface area contributed by atoms with Crippen molar-refractivity contribution in [2.75, 3.05) is 19.0 Å². The number of carbonyl (C=O) groups is 2. The van der Waals surface area contributed by atoms with E-state index in [1.807, 2.05) is 18.2 Å². The third-order valence-electron chi connectivity index (χ3n) is 5.83. The van der Waals surface area contributed by atoms with Crippen LogP contribution in [-0.2, 0) is 9.53 Å². The van der Waals surface area contributed by atoms with Gasteiger partial charge in [-0.15, -0.1) is 0 Å². The highest BCUT2D eigenvalue weighted by Crippen LogP contribution is 2.30. The number of anilines is 1. The van der Waals surface area contributed by atoms with E-state index in [-0.39, 0.29) is 16.9 Å². The first kappa shape index (κ1) is 24.3. The van der Waals surface area contributed by atoms with Gasteiger partial charge >= 0.3 is 5.97 Å². The van der Waals surface area contributed by atoms with Gasteiger partial charge in [0.25, 0.3) is 11.6 Å². The molecule has 9 nitrogen and oxygen atoms in total. The second-order valence-electron chi connectivity index (χ2n) is 8.08. The van der Waals surface area contributed by atoms with E-state index in [0.29, 0.717) is 27.9 Å². The fraction of sp³-hybridized carbons (Fsp3) is 0.148. The lowest BCUT2D eigenvalue weighted by atomic mass is 10.0. The first-order valence-electron chi connectivity index (χ1n) is 11.0. The predicted molar refractivity (Wildman–Crippen MR) is 135 cm³/mol. The third-order valence-corrected chi connectivity index (χ3v) is 5.83. The molecule has 3 aromatic carbocycles. The molecule has 182 valence electrons. The molecule has 4 rings (SSSR count). The molecule has 0 aliphatic carbocycles. The number of pyridine rings is 1. The Kier molecular flexibility index (Phi) is 6.91. The Morgan fingerprint density at radius 2 is 1.75 bits per heavy atom. The van der Waals surface area contributed by atoms with Crippen LogP contribution in [0.1, 0.15) is 21.5 Å². The highest BCUT2D eigenvalue weighted by atomic mass is 16.6. The van der Waals surface area contributed by atoms with E-state index in [1.54, 1.807) is 63.4 Å². The summed E-state index contributed by atoms with van der Waals surface area (Å²) in [5, 5.41) is 14.5. The van der Waals surface area contributed by atoms with Crippen molar-refractivity contribution in [1.29, 1.82) is 0 Å². The Balaban J connectivity index is 1.58. The minimum atomic E-state index is -0.714. The summed E-state index contributed by atoms with van der Waals surface area (Å²) in [6.45, 7) is 2.84. The maximum absolute atomic E-state index is 13.0. The van der Waals surface area contributed by atoms with Gasteiger partial charge in [0, 0.05) is 17.0 Å². The van der Waals surface area contributed by atoms with Gasteiger partial charge in [-0.05, 0) is 61.4 Å². The summed E-state index contributed by atoms with van der Waals surface area (Å²) in [5.41, 5.74) is 3.36. The molecule has 0 atom stereocenters. The van der Waals surface area contributed by atoms with Gasteiger partial charge in [-0.25, -0.2) is 9.78 Å². The Hall–Kier alpha value is -4.79. The van der Waals surface area contributed by atoms with Gasteiger partial charge in [0.1, 0.15) is 11.4 Å². The summed E-state index contributed by atoms with van der Waals surface area (Å²) in [4.78, 5) is 41.1. The van der Waals surface area contributed by atoms with Crippen molar-refractivity contribution in [3.05, 3.63) is 93.5 Å². The number of aryl methyl sites for hydroxylation is 1. The van der Waals surface area contributed by atoms with E-state index in [4.69, 9.17) is 9.47 Å². The van der Waals surface area contributed by atoms with Crippen molar-refractivity contribution >= 4 is 34.2 Å². The number of nitrogens with zero attached hydrogens (tertiary/aromatic N) is 2. The van der Waals surface area contributed by atoms with Gasteiger partial charge in [-0.2, -0.15) is 0 Å². The molecule has 9 heteroatoms. The van der Waals surface area contributed by atoms with Gasteiger partial charge in [-0.3, -0.25) is 14.9 Å². The van der Waals surface area contributed by atoms with Gasteiger partial charge < -0.3 is 14.8 Å². The molecule has 0 bridgehead atoms. The average molecular weight is 485 g/mol. The van der Waals surface area contributed by atoms with Crippen molar-refractivity contribution in [2.45, 2.75) is 13.8 Å². The van der Waals surface area contributed by atoms with Crippen LogP contribution in [0.4, 0.5) is 11.4 Å². The Morgan fingerprint density at radius 1 is 1.03 bits per heavy atom. The lowest BCUT2D eigenvalue weighted by molar-refractivity contribution is -0.384. The molecule has 0 aliphatic heterocycles. The first-order chi connectivity index (χ1) is 17.3. The molecular weight excluding hydrogens is 462 g/mol. The van der Waals surface area contributed by atoms with Crippen LogP contribution < -0.4 is 10.1 Å². The van der Waals surface area contributed by atoms with E-state index in [2.05, 4.69) is 10.3 Å².